The first-order valence-corrected chi connectivity index (χ1v) is 10.6. The van der Waals surface area contributed by atoms with Gasteiger partial charge in [-0.2, -0.15) is 0 Å². The van der Waals surface area contributed by atoms with Crippen LogP contribution in [0.3, 0.4) is 0 Å². The van der Waals surface area contributed by atoms with Gasteiger partial charge in [-0.1, -0.05) is 90.1 Å². The minimum atomic E-state index is 0.209. The smallest absolute Gasteiger partial charge is 0.0461 e. The topological polar surface area (TPSA) is 9.23 Å². The maximum Gasteiger partial charge on any atom is 0.0461 e. The Hall–Kier alpha value is -0.900. The quantitative estimate of drug-likeness (QED) is 0.388. The highest BCUT2D eigenvalue weighted by atomic mass is 32.2. The second-order valence-corrected chi connectivity index (χ2v) is 10.1. The molecule has 0 saturated heterocycles. The highest BCUT2D eigenvalue weighted by Gasteiger charge is 2.13. The lowest BCUT2D eigenvalue weighted by molar-refractivity contribution is 0.590. The van der Waals surface area contributed by atoms with Crippen LogP contribution in [0.25, 0.3) is 0 Å². The molecule has 3 heteroatoms. The Morgan fingerprint density at radius 2 is 0.920 bits per heavy atom. The molecule has 0 radical (unpaired) electrons. The maximum absolute atomic E-state index is 5.67. The molecule has 0 aliphatic rings. The van der Waals surface area contributed by atoms with E-state index in [2.05, 4.69) is 90.1 Å². The summed E-state index contributed by atoms with van der Waals surface area (Å²) in [5.41, 5.74) is 5.76. The van der Waals surface area contributed by atoms with Crippen LogP contribution in [-0.2, 0) is 26.0 Å². The zero-order valence-corrected chi connectivity index (χ0v) is 17.9. The molecule has 2 rings (SSSR count). The molecule has 2 aromatic rings. The van der Waals surface area contributed by atoms with E-state index in [0.29, 0.717) is 0 Å². The highest BCUT2D eigenvalue weighted by Crippen LogP contribution is 2.27. The van der Waals surface area contributed by atoms with Crippen LogP contribution < -0.4 is 0 Å². The summed E-state index contributed by atoms with van der Waals surface area (Å²) >= 11 is 3.02. The normalized spacial score (nSPS) is 12.4. The van der Waals surface area contributed by atoms with Crippen molar-refractivity contribution in [2.45, 2.75) is 63.9 Å². The molecule has 0 saturated carbocycles. The number of hydrogen-bond donors (Lipinski definition) is 0. The lowest BCUT2D eigenvalue weighted by Gasteiger charge is -2.19. The van der Waals surface area contributed by atoms with Crippen molar-refractivity contribution in [2.75, 3.05) is 0 Å². The van der Waals surface area contributed by atoms with Gasteiger partial charge in [0.25, 0.3) is 0 Å². The largest absolute Gasteiger partial charge is 0.247 e. The molecule has 0 aromatic heterocycles. The van der Waals surface area contributed by atoms with Crippen LogP contribution in [0.4, 0.5) is 0 Å². The Labute approximate surface area is 162 Å². The summed E-state index contributed by atoms with van der Waals surface area (Å²) < 4.78 is 5.67. The fourth-order valence-corrected chi connectivity index (χ4v) is 3.73. The molecule has 0 aliphatic carbocycles. The second kappa shape index (κ2) is 8.66. The molecule has 1 nitrogen and oxygen atoms in total. The molecule has 0 bridgehead atoms. The molecule has 0 amide bonds. The Balaban J connectivity index is 1.71. The van der Waals surface area contributed by atoms with Crippen LogP contribution in [0, 0.1) is 0 Å². The molecule has 25 heavy (non-hydrogen) atoms. The summed E-state index contributed by atoms with van der Waals surface area (Å²) in [4.78, 5) is 0. The molecule has 0 spiro atoms. The summed E-state index contributed by atoms with van der Waals surface area (Å²) in [5.74, 6) is 1.75. The van der Waals surface area contributed by atoms with Crippen molar-refractivity contribution in [2.24, 2.45) is 0 Å². The Morgan fingerprint density at radius 1 is 0.600 bits per heavy atom. The first-order valence-electron chi connectivity index (χ1n) is 8.76. The summed E-state index contributed by atoms with van der Waals surface area (Å²) in [6.07, 6.45) is 0. The van der Waals surface area contributed by atoms with E-state index in [4.69, 9.17) is 3.63 Å². The lowest BCUT2D eigenvalue weighted by Crippen LogP contribution is -2.10. The van der Waals surface area contributed by atoms with Crippen LogP contribution in [0.2, 0.25) is 0 Å². The van der Waals surface area contributed by atoms with E-state index in [1.807, 2.05) is 0 Å². The number of benzene rings is 2. The number of rotatable bonds is 6. The van der Waals surface area contributed by atoms with E-state index in [-0.39, 0.29) is 10.8 Å². The van der Waals surface area contributed by atoms with Crippen molar-refractivity contribution in [3.8, 4) is 0 Å². The van der Waals surface area contributed by atoms with Gasteiger partial charge in [0.15, 0.2) is 0 Å². The average Bonchev–Trinajstić information content (AvgIpc) is 2.54. The summed E-state index contributed by atoms with van der Waals surface area (Å²) in [6.45, 7) is 13.4. The van der Waals surface area contributed by atoms with Gasteiger partial charge in [0.05, 0.1) is 0 Å². The van der Waals surface area contributed by atoms with E-state index in [9.17, 15) is 0 Å². The van der Waals surface area contributed by atoms with E-state index in [1.54, 1.807) is 0 Å². The molecule has 0 aliphatic heterocycles. The van der Waals surface area contributed by atoms with Crippen LogP contribution in [0.5, 0.6) is 0 Å². The number of hydrogen-bond acceptors (Lipinski definition) is 3. The van der Waals surface area contributed by atoms with E-state index < -0.39 is 0 Å². The first-order chi connectivity index (χ1) is 11.7. The van der Waals surface area contributed by atoms with Gasteiger partial charge >= 0.3 is 0 Å². The van der Waals surface area contributed by atoms with Crippen molar-refractivity contribution >= 4 is 24.1 Å². The fourth-order valence-electron chi connectivity index (χ4n) is 2.42. The van der Waals surface area contributed by atoms with E-state index in [1.165, 1.54) is 46.3 Å². The average molecular weight is 375 g/mol. The standard InChI is InChI=1S/C22H30OS2/c1-21(2,3)19-11-7-17(8-12-19)15-24-23-25-16-18-9-13-20(14-10-18)22(4,5)6/h7-14H,15-16H2,1-6H3. The minimum Gasteiger partial charge on any atom is -0.247 e. The predicted octanol–water partition coefficient (Wildman–Crippen LogP) is 7.29. The third-order valence-corrected chi connectivity index (χ3v) is 5.86. The van der Waals surface area contributed by atoms with E-state index in [0.717, 1.165) is 11.5 Å². The molecule has 0 atom stereocenters. The predicted molar refractivity (Wildman–Crippen MR) is 114 cm³/mol. The van der Waals surface area contributed by atoms with Gasteiger partial charge in [0.2, 0.25) is 0 Å². The lowest BCUT2D eigenvalue weighted by atomic mass is 9.87. The zero-order valence-electron chi connectivity index (χ0n) is 16.3. The third kappa shape index (κ3) is 6.73. The van der Waals surface area contributed by atoms with Crippen molar-refractivity contribution < 1.29 is 3.63 Å². The van der Waals surface area contributed by atoms with Gasteiger partial charge < -0.3 is 0 Å². The van der Waals surface area contributed by atoms with Crippen molar-refractivity contribution in [1.82, 2.24) is 0 Å². The van der Waals surface area contributed by atoms with Crippen LogP contribution in [0.15, 0.2) is 48.5 Å². The fraction of sp³-hybridized carbons (Fsp3) is 0.455. The van der Waals surface area contributed by atoms with Crippen LogP contribution in [0.1, 0.15) is 63.8 Å². The van der Waals surface area contributed by atoms with Gasteiger partial charge in [-0.25, -0.2) is 3.63 Å². The first kappa shape index (κ1) is 20.4. The molecule has 0 fully saturated rings. The van der Waals surface area contributed by atoms with Crippen LogP contribution >= 0.6 is 24.1 Å². The minimum absolute atomic E-state index is 0.209. The second-order valence-electron chi connectivity index (χ2n) is 8.49. The molecular weight excluding hydrogens is 344 g/mol. The van der Waals surface area contributed by atoms with Gasteiger partial charge in [-0.3, -0.25) is 0 Å². The SMILES string of the molecule is CC(C)(C)c1ccc(CSOSCc2ccc(C(C)(C)C)cc2)cc1. The monoisotopic (exact) mass is 374 g/mol. The summed E-state index contributed by atoms with van der Waals surface area (Å²) in [5, 5.41) is 0. The van der Waals surface area contributed by atoms with Gasteiger partial charge in [-0.05, 0) is 33.1 Å². The van der Waals surface area contributed by atoms with Gasteiger partial charge in [-0.15, -0.1) is 0 Å². The molecular formula is C22H30OS2. The van der Waals surface area contributed by atoms with Gasteiger partial charge in [0.1, 0.15) is 0 Å². The summed E-state index contributed by atoms with van der Waals surface area (Å²) in [6, 6.07) is 17.7. The molecule has 0 heterocycles. The zero-order chi connectivity index (χ0) is 18.5. The molecule has 0 N–H and O–H groups in total. The Kier molecular flexibility index (Phi) is 7.07. The van der Waals surface area contributed by atoms with Gasteiger partial charge in [0, 0.05) is 35.6 Å². The molecule has 136 valence electrons. The van der Waals surface area contributed by atoms with Crippen molar-refractivity contribution in [3.63, 3.8) is 0 Å². The molecule has 2 aromatic carbocycles. The van der Waals surface area contributed by atoms with Crippen molar-refractivity contribution in [1.29, 1.82) is 0 Å². The van der Waals surface area contributed by atoms with Crippen molar-refractivity contribution in [3.05, 3.63) is 70.8 Å². The highest BCUT2D eigenvalue weighted by molar-refractivity contribution is 8.07. The van der Waals surface area contributed by atoms with E-state index >= 15 is 0 Å². The Morgan fingerprint density at radius 3 is 1.20 bits per heavy atom. The Bertz CT molecular complexity index is 587. The third-order valence-electron chi connectivity index (χ3n) is 4.19. The summed E-state index contributed by atoms with van der Waals surface area (Å²) in [7, 11) is 0. The maximum atomic E-state index is 5.67. The van der Waals surface area contributed by atoms with Crippen LogP contribution in [-0.4, -0.2) is 0 Å². The molecule has 0 unspecified atom stereocenters.